The quantitative estimate of drug-likeness (QED) is 0.569. The highest BCUT2D eigenvalue weighted by Gasteiger charge is 2.23. The molecule has 2 N–H and O–H groups in total. The maximum Gasteiger partial charge on any atom is 0.156 e. The Labute approximate surface area is 170 Å². The number of piperazine rings is 1. The molecule has 0 unspecified atom stereocenters. The van der Waals surface area contributed by atoms with Gasteiger partial charge in [-0.25, -0.2) is 9.97 Å². The lowest BCUT2D eigenvalue weighted by atomic mass is 10.1. The second-order valence-electron chi connectivity index (χ2n) is 7.85. The number of aromatic nitrogens is 3. The minimum atomic E-state index is 1.01. The van der Waals surface area contributed by atoms with Gasteiger partial charge in [0.25, 0.3) is 0 Å². The number of nitrogens with zero attached hydrogens (tertiary/aromatic N) is 3. The molecule has 1 fully saturated rings. The maximum atomic E-state index is 4.64. The molecule has 2 aromatic heterocycles. The van der Waals surface area contributed by atoms with Crippen molar-refractivity contribution < 1.29 is 4.90 Å². The molecule has 0 bridgehead atoms. The van der Waals surface area contributed by atoms with Crippen molar-refractivity contribution in [3.05, 3.63) is 72.1 Å². The Morgan fingerprint density at radius 3 is 2.72 bits per heavy atom. The molecule has 0 saturated carbocycles. The normalized spacial score (nSPS) is 15.7. The smallest absolute Gasteiger partial charge is 0.156 e. The Bertz CT molecular complexity index is 1150. The van der Waals surface area contributed by atoms with Crippen molar-refractivity contribution in [1.82, 2.24) is 15.0 Å². The van der Waals surface area contributed by atoms with Gasteiger partial charge in [-0.15, -0.1) is 0 Å². The monoisotopic (exact) mass is 384 g/mol. The summed E-state index contributed by atoms with van der Waals surface area (Å²) in [6.45, 7) is 7.43. The number of anilines is 1. The summed E-state index contributed by atoms with van der Waals surface area (Å²) in [6.07, 6.45) is 6.22. The molecule has 146 valence electrons. The fourth-order valence-corrected chi connectivity index (χ4v) is 4.20. The molecule has 0 radical (unpaired) electrons. The van der Waals surface area contributed by atoms with Crippen LogP contribution in [-0.4, -0.2) is 47.7 Å². The number of aromatic amines is 1. The van der Waals surface area contributed by atoms with E-state index in [2.05, 4.69) is 87.5 Å². The van der Waals surface area contributed by atoms with Crippen molar-refractivity contribution in [1.29, 1.82) is 0 Å². The van der Waals surface area contributed by atoms with E-state index in [-0.39, 0.29) is 0 Å². The van der Waals surface area contributed by atoms with Crippen LogP contribution in [0.1, 0.15) is 11.1 Å². The van der Waals surface area contributed by atoms with E-state index in [1.54, 1.807) is 11.2 Å². The fourth-order valence-electron chi connectivity index (χ4n) is 4.20. The van der Waals surface area contributed by atoms with Crippen LogP contribution in [0.25, 0.3) is 28.0 Å². The van der Waals surface area contributed by atoms with Gasteiger partial charge in [-0.2, -0.15) is 0 Å². The highest BCUT2D eigenvalue weighted by Crippen LogP contribution is 2.29. The summed E-state index contributed by atoms with van der Waals surface area (Å²) in [4.78, 5) is 16.8. The molecule has 5 nitrogen and oxygen atoms in total. The number of aryl methyl sites for hydroxylation is 1. The molecule has 1 saturated heterocycles. The first-order valence-corrected chi connectivity index (χ1v) is 10.3. The van der Waals surface area contributed by atoms with Gasteiger partial charge in [0.2, 0.25) is 0 Å². The molecule has 4 aromatic rings. The van der Waals surface area contributed by atoms with Gasteiger partial charge in [-0.3, -0.25) is 0 Å². The summed E-state index contributed by atoms with van der Waals surface area (Å²) in [6, 6.07) is 17.0. The maximum absolute atomic E-state index is 4.64. The van der Waals surface area contributed by atoms with E-state index in [4.69, 9.17) is 0 Å². The summed E-state index contributed by atoms with van der Waals surface area (Å²) in [5, 5.41) is 1.18. The summed E-state index contributed by atoms with van der Waals surface area (Å²) in [5.41, 5.74) is 5.72. The van der Waals surface area contributed by atoms with Crippen molar-refractivity contribution in [3.8, 4) is 0 Å². The minimum Gasteiger partial charge on any atom is -0.350 e. The number of nitrogens with one attached hydrogen (secondary N) is 2. The molecule has 2 aromatic carbocycles. The van der Waals surface area contributed by atoms with E-state index in [1.807, 2.05) is 0 Å². The van der Waals surface area contributed by atoms with Crippen molar-refractivity contribution in [2.75, 3.05) is 37.6 Å². The number of H-pyrrole nitrogens is 1. The SMILES string of the molecule is Cc1ccc2[nH]c3c(N4CC[NH+](C/C=C/c5ccccc5)CC4)ncnc3c2c1. The zero-order valence-electron chi connectivity index (χ0n) is 16.7. The van der Waals surface area contributed by atoms with E-state index < -0.39 is 0 Å². The van der Waals surface area contributed by atoms with Crippen molar-refractivity contribution in [2.24, 2.45) is 0 Å². The topological polar surface area (TPSA) is 49.2 Å². The molecule has 0 atom stereocenters. The van der Waals surface area contributed by atoms with Gasteiger partial charge in [0, 0.05) is 10.9 Å². The Hall–Kier alpha value is -3.18. The van der Waals surface area contributed by atoms with E-state index in [0.29, 0.717) is 0 Å². The van der Waals surface area contributed by atoms with Crippen LogP contribution in [0.2, 0.25) is 0 Å². The van der Waals surface area contributed by atoms with Gasteiger partial charge < -0.3 is 14.8 Å². The van der Waals surface area contributed by atoms with Gasteiger partial charge in [0.1, 0.15) is 17.4 Å². The lowest BCUT2D eigenvalue weighted by Crippen LogP contribution is -3.14. The molecule has 0 amide bonds. The highest BCUT2D eigenvalue weighted by atomic mass is 15.3. The van der Waals surface area contributed by atoms with Gasteiger partial charge in [0.15, 0.2) is 5.82 Å². The minimum absolute atomic E-state index is 1.01. The predicted octanol–water partition coefficient (Wildman–Crippen LogP) is 2.84. The first-order chi connectivity index (χ1) is 14.3. The van der Waals surface area contributed by atoms with Gasteiger partial charge >= 0.3 is 0 Å². The average molecular weight is 385 g/mol. The van der Waals surface area contributed by atoms with E-state index in [9.17, 15) is 0 Å². The number of hydrogen-bond acceptors (Lipinski definition) is 3. The van der Waals surface area contributed by atoms with Crippen molar-refractivity contribution >= 4 is 33.8 Å². The molecule has 5 rings (SSSR count). The van der Waals surface area contributed by atoms with Crippen LogP contribution >= 0.6 is 0 Å². The highest BCUT2D eigenvalue weighted by molar-refractivity contribution is 6.08. The second kappa shape index (κ2) is 7.68. The molecule has 0 aliphatic carbocycles. The first-order valence-electron chi connectivity index (χ1n) is 10.3. The Morgan fingerprint density at radius 1 is 1.07 bits per heavy atom. The van der Waals surface area contributed by atoms with Gasteiger partial charge in [-0.05, 0) is 30.7 Å². The van der Waals surface area contributed by atoms with Crippen LogP contribution in [-0.2, 0) is 0 Å². The lowest BCUT2D eigenvalue weighted by Gasteiger charge is -2.32. The van der Waals surface area contributed by atoms with E-state index in [0.717, 1.165) is 55.1 Å². The van der Waals surface area contributed by atoms with Crippen LogP contribution < -0.4 is 9.80 Å². The number of quaternary nitrogens is 1. The van der Waals surface area contributed by atoms with Crippen LogP contribution in [0.4, 0.5) is 5.82 Å². The molecule has 1 aliphatic rings. The van der Waals surface area contributed by atoms with Gasteiger partial charge in [0.05, 0.1) is 32.7 Å². The van der Waals surface area contributed by atoms with Crippen LogP contribution in [0.3, 0.4) is 0 Å². The lowest BCUT2D eigenvalue weighted by molar-refractivity contribution is -0.894. The van der Waals surface area contributed by atoms with Gasteiger partial charge in [-0.1, -0.05) is 48.0 Å². The zero-order valence-corrected chi connectivity index (χ0v) is 16.7. The molecular formula is C24H26N5+. The Morgan fingerprint density at radius 2 is 1.90 bits per heavy atom. The molecular weight excluding hydrogens is 358 g/mol. The predicted molar refractivity (Wildman–Crippen MR) is 119 cm³/mol. The molecule has 5 heteroatoms. The average Bonchev–Trinajstić information content (AvgIpc) is 3.13. The number of fused-ring (bicyclic) bond motifs is 3. The Kier molecular flexibility index (Phi) is 4.74. The molecule has 1 aliphatic heterocycles. The fraction of sp³-hybridized carbons (Fsp3) is 0.250. The number of rotatable bonds is 4. The van der Waals surface area contributed by atoms with E-state index >= 15 is 0 Å². The first kappa shape index (κ1) is 17.9. The molecule has 3 heterocycles. The summed E-state index contributed by atoms with van der Waals surface area (Å²) in [7, 11) is 0. The van der Waals surface area contributed by atoms with Crippen molar-refractivity contribution in [2.45, 2.75) is 6.92 Å². The molecule has 0 spiro atoms. The third-order valence-electron chi connectivity index (χ3n) is 5.80. The van der Waals surface area contributed by atoms with Crippen LogP contribution in [0, 0.1) is 6.92 Å². The Balaban J connectivity index is 1.30. The van der Waals surface area contributed by atoms with Crippen molar-refractivity contribution in [3.63, 3.8) is 0 Å². The van der Waals surface area contributed by atoms with Crippen LogP contribution in [0.15, 0.2) is 60.9 Å². The largest absolute Gasteiger partial charge is 0.350 e. The third kappa shape index (κ3) is 3.61. The second-order valence-corrected chi connectivity index (χ2v) is 7.85. The summed E-state index contributed by atoms with van der Waals surface area (Å²) in [5.74, 6) is 1.03. The van der Waals surface area contributed by atoms with Crippen LogP contribution in [0.5, 0.6) is 0 Å². The summed E-state index contributed by atoms with van der Waals surface area (Å²) >= 11 is 0. The number of hydrogen-bond donors (Lipinski definition) is 2. The summed E-state index contributed by atoms with van der Waals surface area (Å²) < 4.78 is 0. The standard InChI is InChI=1S/C24H25N5/c1-18-9-10-21-20(16-18)22-23(27-21)24(26-17-25-22)29-14-12-28(13-15-29)11-5-8-19-6-3-2-4-7-19/h2-10,16-17,27H,11-15H2,1H3/p+1/b8-5+. The molecule has 29 heavy (non-hydrogen) atoms. The zero-order chi connectivity index (χ0) is 19.6. The van der Waals surface area contributed by atoms with E-state index in [1.165, 1.54) is 16.5 Å². The number of benzene rings is 2. The third-order valence-corrected chi connectivity index (χ3v) is 5.80.